The van der Waals surface area contributed by atoms with Crippen molar-refractivity contribution in [3.8, 4) is 5.75 Å². The molecule has 0 aromatic heterocycles. The van der Waals surface area contributed by atoms with Crippen LogP contribution in [0.5, 0.6) is 5.75 Å². The molecular weight excluding hydrogens is 314 g/mol. The fourth-order valence-electron chi connectivity index (χ4n) is 2.81. The van der Waals surface area contributed by atoms with Gasteiger partial charge in [-0.1, -0.05) is 0 Å². The summed E-state index contributed by atoms with van der Waals surface area (Å²) in [6.07, 6.45) is -0.118. The normalized spacial score (nSPS) is 17.6. The molecule has 1 amide bonds. The van der Waals surface area contributed by atoms with Gasteiger partial charge in [-0.3, -0.25) is 4.79 Å². The van der Waals surface area contributed by atoms with Crippen LogP contribution in [0.15, 0.2) is 12.1 Å². The highest BCUT2D eigenvalue weighted by Gasteiger charge is 2.25. The Labute approximate surface area is 141 Å². The number of rotatable bonds is 6. The molecule has 0 saturated carbocycles. The number of ether oxygens (including phenoxy) is 3. The molecule has 132 valence electrons. The minimum Gasteiger partial charge on any atom is -0.481 e. The molecule has 7 nitrogen and oxygen atoms in total. The molecule has 7 heteroatoms. The molecule has 1 atom stereocenters. The summed E-state index contributed by atoms with van der Waals surface area (Å²) in [5, 5.41) is 8.73. The molecule has 1 aliphatic rings. The first-order chi connectivity index (χ1) is 11.4. The lowest BCUT2D eigenvalue weighted by atomic mass is 10.0. The first kappa shape index (κ1) is 18.2. The Balaban J connectivity index is 2.13. The van der Waals surface area contributed by atoms with E-state index < -0.39 is 12.6 Å². The Morgan fingerprint density at radius 3 is 2.58 bits per heavy atom. The predicted molar refractivity (Wildman–Crippen MR) is 86.6 cm³/mol. The maximum Gasteiger partial charge on any atom is 0.341 e. The zero-order valence-corrected chi connectivity index (χ0v) is 14.2. The number of carbonyl (C=O) groups excluding carboxylic acids is 1. The second kappa shape index (κ2) is 8.12. The fourth-order valence-corrected chi connectivity index (χ4v) is 2.81. The van der Waals surface area contributed by atoms with Crippen molar-refractivity contribution in [2.75, 3.05) is 40.0 Å². The van der Waals surface area contributed by atoms with Crippen LogP contribution in [0.2, 0.25) is 0 Å². The average molecular weight is 337 g/mol. The summed E-state index contributed by atoms with van der Waals surface area (Å²) >= 11 is 0. The summed E-state index contributed by atoms with van der Waals surface area (Å²) in [5.74, 6) is -0.602. The molecule has 1 aromatic rings. The van der Waals surface area contributed by atoms with Crippen molar-refractivity contribution in [1.29, 1.82) is 0 Å². The molecule has 2 rings (SSSR count). The number of nitrogens with zero attached hydrogens (tertiary/aromatic N) is 1. The van der Waals surface area contributed by atoms with Crippen LogP contribution in [0.4, 0.5) is 0 Å². The molecule has 0 aliphatic carbocycles. The van der Waals surface area contributed by atoms with Gasteiger partial charge in [0.15, 0.2) is 6.61 Å². The third kappa shape index (κ3) is 4.46. The Kier molecular flexibility index (Phi) is 6.16. The second-order valence-electron chi connectivity index (χ2n) is 5.82. The molecule has 0 radical (unpaired) electrons. The Morgan fingerprint density at radius 1 is 1.33 bits per heavy atom. The highest BCUT2D eigenvalue weighted by Crippen LogP contribution is 2.26. The summed E-state index contributed by atoms with van der Waals surface area (Å²) in [6.45, 7) is 5.15. The van der Waals surface area contributed by atoms with Gasteiger partial charge in [0.1, 0.15) is 5.75 Å². The Hall–Kier alpha value is -2.12. The maximum atomic E-state index is 12.7. The van der Waals surface area contributed by atoms with Gasteiger partial charge in [-0.2, -0.15) is 0 Å². The number of hydrogen-bond acceptors (Lipinski definition) is 5. The van der Waals surface area contributed by atoms with Crippen LogP contribution in [0.1, 0.15) is 21.5 Å². The molecule has 1 aromatic carbocycles. The van der Waals surface area contributed by atoms with E-state index >= 15 is 0 Å². The SMILES string of the molecule is COCC1CN(C(=O)c2cc(C)c(OCC(=O)O)c(C)c2)CCO1. The molecule has 1 aliphatic heterocycles. The van der Waals surface area contributed by atoms with Crippen LogP contribution in [0, 0.1) is 13.8 Å². The minimum absolute atomic E-state index is 0.0737. The summed E-state index contributed by atoms with van der Waals surface area (Å²) in [6, 6.07) is 3.46. The number of amides is 1. The quantitative estimate of drug-likeness (QED) is 0.841. The first-order valence-electron chi connectivity index (χ1n) is 7.78. The molecule has 1 unspecified atom stereocenters. The van der Waals surface area contributed by atoms with E-state index in [2.05, 4.69) is 0 Å². The van der Waals surface area contributed by atoms with Crippen LogP contribution in [0.25, 0.3) is 0 Å². The maximum absolute atomic E-state index is 12.7. The van der Waals surface area contributed by atoms with Crippen molar-refractivity contribution in [3.63, 3.8) is 0 Å². The monoisotopic (exact) mass is 337 g/mol. The number of aliphatic carboxylic acids is 1. The lowest BCUT2D eigenvalue weighted by molar-refractivity contribution is -0.139. The molecule has 1 heterocycles. The fraction of sp³-hybridized carbons (Fsp3) is 0.529. The van der Waals surface area contributed by atoms with E-state index in [1.54, 1.807) is 38.0 Å². The van der Waals surface area contributed by atoms with Gasteiger partial charge in [0.05, 0.1) is 19.3 Å². The molecular formula is C17H23NO6. The summed E-state index contributed by atoms with van der Waals surface area (Å²) in [7, 11) is 1.60. The van der Waals surface area contributed by atoms with E-state index in [1.165, 1.54) is 0 Å². The zero-order chi connectivity index (χ0) is 17.7. The van der Waals surface area contributed by atoms with Crippen molar-refractivity contribution in [1.82, 2.24) is 4.90 Å². The number of benzene rings is 1. The third-order valence-electron chi connectivity index (χ3n) is 3.83. The van der Waals surface area contributed by atoms with E-state index in [-0.39, 0.29) is 12.0 Å². The lowest BCUT2D eigenvalue weighted by Gasteiger charge is -2.32. The topological polar surface area (TPSA) is 85.3 Å². The molecule has 1 fully saturated rings. The van der Waals surface area contributed by atoms with E-state index in [4.69, 9.17) is 19.3 Å². The van der Waals surface area contributed by atoms with Gasteiger partial charge in [0.25, 0.3) is 5.91 Å². The number of morpholine rings is 1. The van der Waals surface area contributed by atoms with Crippen LogP contribution in [-0.4, -0.2) is 68.0 Å². The Bertz CT molecular complexity index is 590. The highest BCUT2D eigenvalue weighted by molar-refractivity contribution is 5.95. The number of carboxylic acids is 1. The van der Waals surface area contributed by atoms with E-state index in [0.717, 1.165) is 11.1 Å². The number of carbonyl (C=O) groups is 2. The van der Waals surface area contributed by atoms with E-state index in [1.807, 2.05) is 0 Å². The van der Waals surface area contributed by atoms with Crippen molar-refractivity contribution in [3.05, 3.63) is 28.8 Å². The van der Waals surface area contributed by atoms with Gasteiger partial charge < -0.3 is 24.2 Å². The van der Waals surface area contributed by atoms with Gasteiger partial charge in [-0.25, -0.2) is 4.79 Å². The van der Waals surface area contributed by atoms with E-state index in [0.29, 0.717) is 37.6 Å². The zero-order valence-electron chi connectivity index (χ0n) is 14.2. The average Bonchev–Trinajstić information content (AvgIpc) is 2.53. The number of carboxylic acid groups (broad SMARTS) is 1. The third-order valence-corrected chi connectivity index (χ3v) is 3.83. The van der Waals surface area contributed by atoms with E-state index in [9.17, 15) is 9.59 Å². The van der Waals surface area contributed by atoms with Crippen LogP contribution in [-0.2, 0) is 14.3 Å². The van der Waals surface area contributed by atoms with Gasteiger partial charge >= 0.3 is 5.97 Å². The van der Waals surface area contributed by atoms with Gasteiger partial charge in [0.2, 0.25) is 0 Å². The second-order valence-corrected chi connectivity index (χ2v) is 5.82. The standard InChI is InChI=1S/C17H23NO6/c1-11-6-13(7-12(2)16(11)24-10-15(19)20)17(21)18-4-5-23-14(8-18)9-22-3/h6-7,14H,4-5,8-10H2,1-3H3,(H,19,20). The molecule has 1 saturated heterocycles. The number of hydrogen-bond donors (Lipinski definition) is 1. The summed E-state index contributed by atoms with van der Waals surface area (Å²) in [4.78, 5) is 25.1. The molecule has 0 bridgehead atoms. The van der Waals surface area contributed by atoms with Crippen LogP contribution in [0.3, 0.4) is 0 Å². The van der Waals surface area contributed by atoms with Crippen molar-refractivity contribution < 1.29 is 28.9 Å². The van der Waals surface area contributed by atoms with Crippen molar-refractivity contribution in [2.45, 2.75) is 20.0 Å². The lowest BCUT2D eigenvalue weighted by Crippen LogP contribution is -2.47. The minimum atomic E-state index is -1.04. The van der Waals surface area contributed by atoms with Crippen LogP contribution >= 0.6 is 0 Å². The van der Waals surface area contributed by atoms with Gasteiger partial charge in [-0.05, 0) is 37.1 Å². The largest absolute Gasteiger partial charge is 0.481 e. The summed E-state index contributed by atoms with van der Waals surface area (Å²) < 4.78 is 15.9. The van der Waals surface area contributed by atoms with Gasteiger partial charge in [-0.15, -0.1) is 0 Å². The predicted octanol–water partition coefficient (Wildman–Crippen LogP) is 1.25. The summed E-state index contributed by atoms with van der Waals surface area (Å²) in [5.41, 5.74) is 2.04. The highest BCUT2D eigenvalue weighted by atomic mass is 16.5. The smallest absolute Gasteiger partial charge is 0.341 e. The molecule has 1 N–H and O–H groups in total. The van der Waals surface area contributed by atoms with Crippen molar-refractivity contribution in [2.24, 2.45) is 0 Å². The number of aryl methyl sites for hydroxylation is 2. The Morgan fingerprint density at radius 2 is 2.00 bits per heavy atom. The van der Waals surface area contributed by atoms with Crippen LogP contribution < -0.4 is 4.74 Å². The van der Waals surface area contributed by atoms with Crippen molar-refractivity contribution >= 4 is 11.9 Å². The van der Waals surface area contributed by atoms with Gasteiger partial charge in [0, 0.05) is 25.8 Å². The number of methoxy groups -OCH3 is 1. The molecule has 0 spiro atoms. The first-order valence-corrected chi connectivity index (χ1v) is 7.78. The molecule has 24 heavy (non-hydrogen) atoms.